The van der Waals surface area contributed by atoms with Crippen molar-refractivity contribution in [2.45, 2.75) is 73.5 Å². The molecule has 0 atom stereocenters. The molecule has 2 saturated carbocycles. The van der Waals surface area contributed by atoms with Crippen LogP contribution in [0.4, 0.5) is 0 Å². The van der Waals surface area contributed by atoms with Crippen LogP contribution < -0.4 is 0 Å². The van der Waals surface area contributed by atoms with Crippen molar-refractivity contribution < 1.29 is 23.8 Å². The molecule has 2 aromatic heterocycles. The molecule has 2 aliphatic carbocycles. The number of nitrogens with zero attached hydrogens (tertiary/aromatic N) is 7. The zero-order chi connectivity index (χ0) is 41.6. The molecule has 9 rings (SSSR count). The summed E-state index contributed by atoms with van der Waals surface area (Å²) >= 11 is 9.72. The molecule has 3 aliphatic rings. The van der Waals surface area contributed by atoms with Gasteiger partial charge < -0.3 is 14.2 Å². The Labute approximate surface area is 367 Å². The van der Waals surface area contributed by atoms with Gasteiger partial charge in [0.05, 0.1) is 38.4 Å². The first-order valence-electron chi connectivity index (χ1n) is 19.4. The minimum absolute atomic E-state index is 0.210. The number of halogens is 1. The summed E-state index contributed by atoms with van der Waals surface area (Å²) in [6.07, 6.45) is 10.1. The Kier molecular flexibility index (Phi) is 17.0. The molecule has 0 amide bonds. The summed E-state index contributed by atoms with van der Waals surface area (Å²) in [5.74, 6) is 2.17. The van der Waals surface area contributed by atoms with Crippen LogP contribution in [0.5, 0.6) is 0 Å². The van der Waals surface area contributed by atoms with Gasteiger partial charge in [0.15, 0.2) is 10.3 Å². The number of benzene rings is 4. The van der Waals surface area contributed by atoms with E-state index in [9.17, 15) is 9.59 Å². The number of ether oxygens (including phenoxy) is 3. The molecule has 4 aromatic carbocycles. The molecule has 0 spiro atoms. The van der Waals surface area contributed by atoms with Gasteiger partial charge in [-0.3, -0.25) is 18.7 Å². The van der Waals surface area contributed by atoms with E-state index in [2.05, 4.69) is 139 Å². The molecular formula is C42H46BBrN7O5S3. The molecule has 3 fully saturated rings. The summed E-state index contributed by atoms with van der Waals surface area (Å²) in [5.41, 5.74) is 4.98. The molecule has 0 bridgehead atoms. The minimum atomic E-state index is -0.220. The number of aromatic nitrogens is 6. The van der Waals surface area contributed by atoms with E-state index < -0.39 is 0 Å². The fraction of sp³-hybridized carbons (Fsp3) is 0.381. The first-order valence-corrected chi connectivity index (χ1v) is 22.6. The summed E-state index contributed by atoms with van der Waals surface area (Å²) in [4.78, 5) is 22.7. The summed E-state index contributed by atoms with van der Waals surface area (Å²) in [5, 5.41) is 23.3. The zero-order valence-electron chi connectivity index (χ0n) is 33.0. The number of hydrogen-bond donors (Lipinski definition) is 1. The number of carbonyl (C=O) groups excluding carboxylic acids is 2. The normalized spacial score (nSPS) is 14.3. The van der Waals surface area contributed by atoms with Gasteiger partial charge in [0.2, 0.25) is 4.73 Å². The van der Waals surface area contributed by atoms with E-state index >= 15 is 0 Å². The van der Waals surface area contributed by atoms with Gasteiger partial charge >= 0.3 is 36.7 Å². The van der Waals surface area contributed by atoms with Crippen molar-refractivity contribution in [1.29, 1.82) is 0 Å². The summed E-state index contributed by atoms with van der Waals surface area (Å²) in [6.45, 7) is 2.00. The molecule has 0 unspecified atom stereocenters. The van der Waals surface area contributed by atoms with E-state index in [1.165, 1.54) is 109 Å². The van der Waals surface area contributed by atoms with Crippen LogP contribution in [0.2, 0.25) is 0 Å². The van der Waals surface area contributed by atoms with Gasteiger partial charge in [-0.2, -0.15) is 0 Å². The van der Waals surface area contributed by atoms with Crippen LogP contribution in [-0.2, 0) is 23.8 Å². The van der Waals surface area contributed by atoms with Gasteiger partial charge in [-0.15, -0.1) is 20.4 Å². The van der Waals surface area contributed by atoms with E-state index in [4.69, 9.17) is 9.47 Å². The Hall–Kier alpha value is -4.03. The Balaban J connectivity index is 0.000000167. The average molecular weight is 916 g/mol. The van der Waals surface area contributed by atoms with Crippen LogP contribution in [-0.4, -0.2) is 88.0 Å². The van der Waals surface area contributed by atoms with E-state index in [0.29, 0.717) is 40.9 Å². The Bertz CT molecular complexity index is 2340. The fourth-order valence-corrected chi connectivity index (χ4v) is 8.98. The topological polar surface area (TPSA) is 136 Å². The number of methoxy groups -OCH3 is 2. The summed E-state index contributed by atoms with van der Waals surface area (Å²) in [6, 6.07) is 25.8. The number of thiol groups is 1. The quantitative estimate of drug-likeness (QED) is 0.0544. The summed E-state index contributed by atoms with van der Waals surface area (Å²) in [7, 11) is 7.14. The molecule has 1 saturated heterocycles. The summed E-state index contributed by atoms with van der Waals surface area (Å²) < 4.78 is 21.7. The van der Waals surface area contributed by atoms with Crippen LogP contribution in [0.15, 0.2) is 98.5 Å². The van der Waals surface area contributed by atoms with E-state index in [1.807, 2.05) is 9.13 Å². The van der Waals surface area contributed by atoms with E-state index in [-0.39, 0.29) is 11.9 Å². The fourth-order valence-electron chi connectivity index (χ4n) is 6.72. The first kappa shape index (κ1) is 44.5. The Morgan fingerprint density at radius 3 is 1.75 bits per heavy atom. The van der Waals surface area contributed by atoms with Gasteiger partial charge in [-0.25, -0.2) is 0 Å². The van der Waals surface area contributed by atoms with Crippen LogP contribution in [0, 0.1) is 0 Å². The third-order valence-electron chi connectivity index (χ3n) is 9.87. The van der Waals surface area contributed by atoms with Crippen LogP contribution >= 0.6 is 52.3 Å². The van der Waals surface area contributed by atoms with Crippen molar-refractivity contribution in [3.8, 4) is 11.4 Å². The van der Waals surface area contributed by atoms with Crippen molar-refractivity contribution in [3.05, 3.63) is 95.0 Å². The van der Waals surface area contributed by atoms with Gasteiger partial charge in [0.1, 0.15) is 6.33 Å². The molecule has 1 aliphatic heterocycles. The third kappa shape index (κ3) is 12.1. The predicted octanol–water partition coefficient (Wildman–Crippen LogP) is 9.65. The second-order valence-electron chi connectivity index (χ2n) is 13.8. The number of rotatable bonds is 12. The molecule has 0 N–H and O–H groups in total. The maximum absolute atomic E-state index is 11.4. The molecular weight excluding hydrogens is 869 g/mol. The molecule has 17 heteroatoms. The van der Waals surface area contributed by atoms with Crippen molar-refractivity contribution in [2.24, 2.45) is 4.30 Å². The van der Waals surface area contributed by atoms with Gasteiger partial charge in [-0.1, -0.05) is 84.2 Å². The number of esters is 2. The van der Waals surface area contributed by atoms with Crippen molar-refractivity contribution in [3.63, 3.8) is 0 Å². The predicted molar refractivity (Wildman–Crippen MR) is 241 cm³/mol. The first-order chi connectivity index (χ1) is 28.9. The number of hydrogen-bond acceptors (Lipinski definition) is 13. The molecule has 3 heterocycles. The Morgan fingerprint density at radius 2 is 1.25 bits per heavy atom. The van der Waals surface area contributed by atoms with Crippen molar-refractivity contribution in [2.75, 3.05) is 38.9 Å². The number of carbonyl (C=O) groups is 2. The van der Waals surface area contributed by atoms with Gasteiger partial charge in [0, 0.05) is 35.5 Å². The van der Waals surface area contributed by atoms with Crippen molar-refractivity contribution in [1.82, 2.24) is 29.5 Å². The molecule has 6 aromatic rings. The van der Waals surface area contributed by atoms with Gasteiger partial charge in [-0.05, 0) is 100 Å². The SMILES string of the molecule is C1CCOC1.COC(=O)CCSc1nnc(Br)n1-c1ccc(C2CC2)c2ccccc12.COC(=O)CCSc1nncn1-c1ccc(C2CC2)c2ccccc12.[B]=NS. The van der Waals surface area contributed by atoms with Gasteiger partial charge in [0.25, 0.3) is 0 Å². The number of fused-ring (bicyclic) bond motifs is 2. The molecule has 12 nitrogen and oxygen atoms in total. The standard InChI is InChI=1S/C19H18BrN3O2S.C19H19N3O2S.C4H8O.BHNS/c1-25-17(24)10-11-26-19-22-21-18(20)23(19)16-9-8-13(12-6-7-12)14-4-2-3-5-15(14)16;1-24-18(23)10-11-25-19-21-20-12-22(19)17-9-8-14(13-6-7-13)15-4-2-3-5-16(15)17;1-2-4-5-3-1;1-2-3/h2-5,8-9,12H,6-7,10-11H2,1H3;2-5,8-9,12-13H,6-7,10-11H2,1H3;1-4H2;3H. The second-order valence-corrected chi connectivity index (χ2v) is 16.9. The van der Waals surface area contributed by atoms with E-state index in [1.54, 1.807) is 6.33 Å². The third-order valence-corrected chi connectivity index (χ3v) is 12.3. The molecule has 59 heavy (non-hydrogen) atoms. The van der Waals surface area contributed by atoms with Crippen LogP contribution in [0.1, 0.15) is 74.3 Å². The zero-order valence-corrected chi connectivity index (χ0v) is 37.1. The average Bonchev–Trinajstić information content (AvgIpc) is 4.13. The molecule has 1 radical (unpaired) electrons. The Morgan fingerprint density at radius 1 is 0.763 bits per heavy atom. The molecule has 307 valence electrons. The van der Waals surface area contributed by atoms with Crippen molar-refractivity contribution >= 4 is 93.4 Å². The monoisotopic (exact) mass is 914 g/mol. The van der Waals surface area contributed by atoms with E-state index in [0.717, 1.165) is 34.9 Å². The number of thioether (sulfide) groups is 2. The van der Waals surface area contributed by atoms with Crippen LogP contribution in [0.25, 0.3) is 32.9 Å². The maximum atomic E-state index is 11.4. The second kappa shape index (κ2) is 22.5. The van der Waals surface area contributed by atoms with Crippen LogP contribution in [0.3, 0.4) is 0 Å².